The molecule has 0 amide bonds. The maximum atomic E-state index is 6.30. The standard InChI is InChI=1S/C40H36N2O5/c1-3-11-33(12-4-1)44-35-21-17-31(18-22-35)27-37(46-39-15-7-9-25-41-39)29-43-30-38(47-40-16-8-10-26-42-40)28-32-19-23-36(24-20-32)45-34-13-5-2-6-14-34/h1-26,37-38H,27-30H2. The Hall–Kier alpha value is -5.66. The highest BCUT2D eigenvalue weighted by molar-refractivity contribution is 5.34. The van der Waals surface area contributed by atoms with Gasteiger partial charge in [-0.2, -0.15) is 0 Å². The molecule has 7 nitrogen and oxygen atoms in total. The first-order valence-electron chi connectivity index (χ1n) is 15.6. The Kier molecular flexibility index (Phi) is 11.1. The molecular formula is C40H36N2O5. The van der Waals surface area contributed by atoms with Crippen molar-refractivity contribution in [2.45, 2.75) is 25.0 Å². The number of ether oxygens (including phenoxy) is 5. The van der Waals surface area contributed by atoms with Gasteiger partial charge in [0.25, 0.3) is 0 Å². The molecule has 0 aliphatic carbocycles. The van der Waals surface area contributed by atoms with E-state index in [4.69, 9.17) is 23.7 Å². The summed E-state index contributed by atoms with van der Waals surface area (Å²) in [4.78, 5) is 8.74. The van der Waals surface area contributed by atoms with E-state index >= 15 is 0 Å². The molecule has 6 rings (SSSR count). The number of rotatable bonds is 16. The Labute approximate surface area is 275 Å². The molecule has 0 spiro atoms. The van der Waals surface area contributed by atoms with Crippen molar-refractivity contribution >= 4 is 0 Å². The van der Waals surface area contributed by atoms with Gasteiger partial charge >= 0.3 is 0 Å². The van der Waals surface area contributed by atoms with Gasteiger partial charge in [0, 0.05) is 37.4 Å². The number of para-hydroxylation sites is 2. The van der Waals surface area contributed by atoms with Gasteiger partial charge in [-0.05, 0) is 71.8 Å². The SMILES string of the molecule is c1ccc(Oc2ccc(CC(COCC(Cc3ccc(Oc4ccccc4)cc3)Oc3ccccn3)Oc3ccccn3)cc2)cc1. The molecule has 236 valence electrons. The summed E-state index contributed by atoms with van der Waals surface area (Å²) in [6.45, 7) is 0.676. The summed E-state index contributed by atoms with van der Waals surface area (Å²) in [5.74, 6) is 4.22. The van der Waals surface area contributed by atoms with Crippen LogP contribution in [-0.4, -0.2) is 35.4 Å². The minimum absolute atomic E-state index is 0.282. The smallest absolute Gasteiger partial charge is 0.213 e. The van der Waals surface area contributed by atoms with E-state index in [2.05, 4.69) is 9.97 Å². The average Bonchev–Trinajstić information content (AvgIpc) is 3.12. The predicted molar refractivity (Wildman–Crippen MR) is 181 cm³/mol. The molecular weight excluding hydrogens is 588 g/mol. The minimum Gasteiger partial charge on any atom is -0.472 e. The van der Waals surface area contributed by atoms with Gasteiger partial charge in [0.2, 0.25) is 11.8 Å². The van der Waals surface area contributed by atoms with Crippen molar-refractivity contribution in [3.05, 3.63) is 169 Å². The van der Waals surface area contributed by atoms with Crippen LogP contribution in [0.5, 0.6) is 34.8 Å². The van der Waals surface area contributed by atoms with Crippen LogP contribution in [0, 0.1) is 0 Å². The lowest BCUT2D eigenvalue weighted by Gasteiger charge is -2.22. The highest BCUT2D eigenvalue weighted by Gasteiger charge is 2.18. The molecule has 0 N–H and O–H groups in total. The van der Waals surface area contributed by atoms with E-state index in [9.17, 15) is 0 Å². The molecule has 0 aliphatic heterocycles. The molecule has 2 heterocycles. The van der Waals surface area contributed by atoms with Gasteiger partial charge in [-0.15, -0.1) is 0 Å². The van der Waals surface area contributed by atoms with Crippen LogP contribution in [0.4, 0.5) is 0 Å². The Morgan fingerprint density at radius 1 is 0.404 bits per heavy atom. The second-order valence-corrected chi connectivity index (χ2v) is 10.9. The van der Waals surface area contributed by atoms with E-state index in [0.717, 1.165) is 34.1 Å². The van der Waals surface area contributed by atoms with Gasteiger partial charge < -0.3 is 23.7 Å². The third kappa shape index (κ3) is 10.2. The van der Waals surface area contributed by atoms with E-state index < -0.39 is 0 Å². The lowest BCUT2D eigenvalue weighted by molar-refractivity contribution is 0.00624. The first-order chi connectivity index (χ1) is 23.2. The fourth-order valence-electron chi connectivity index (χ4n) is 4.94. The van der Waals surface area contributed by atoms with E-state index in [1.165, 1.54) is 0 Å². The number of aromatic nitrogens is 2. The summed E-state index contributed by atoms with van der Waals surface area (Å²) >= 11 is 0. The molecule has 2 aromatic heterocycles. The first kappa shape index (κ1) is 31.3. The van der Waals surface area contributed by atoms with Crippen LogP contribution in [0.15, 0.2) is 158 Å². The van der Waals surface area contributed by atoms with E-state index in [1.54, 1.807) is 12.4 Å². The lowest BCUT2D eigenvalue weighted by atomic mass is 10.1. The molecule has 0 aliphatic rings. The monoisotopic (exact) mass is 624 g/mol. The fraction of sp³-hybridized carbons (Fsp3) is 0.150. The van der Waals surface area contributed by atoms with Crippen molar-refractivity contribution in [1.29, 1.82) is 0 Å². The van der Waals surface area contributed by atoms with Crippen LogP contribution in [0.3, 0.4) is 0 Å². The Balaban J connectivity index is 1.10. The largest absolute Gasteiger partial charge is 0.472 e. The Morgan fingerprint density at radius 2 is 0.787 bits per heavy atom. The van der Waals surface area contributed by atoms with E-state index in [1.807, 2.05) is 146 Å². The Bertz CT molecular complexity index is 1610. The first-order valence-corrected chi connectivity index (χ1v) is 15.6. The zero-order valence-electron chi connectivity index (χ0n) is 25.9. The maximum absolute atomic E-state index is 6.30. The van der Waals surface area contributed by atoms with Crippen molar-refractivity contribution in [3.8, 4) is 34.8 Å². The van der Waals surface area contributed by atoms with E-state index in [-0.39, 0.29) is 12.2 Å². The van der Waals surface area contributed by atoms with Crippen LogP contribution in [0.1, 0.15) is 11.1 Å². The quantitative estimate of drug-likeness (QED) is 0.107. The highest BCUT2D eigenvalue weighted by Crippen LogP contribution is 2.24. The molecule has 0 radical (unpaired) electrons. The van der Waals surface area contributed by atoms with Crippen molar-refractivity contribution < 1.29 is 23.7 Å². The second kappa shape index (κ2) is 16.6. The van der Waals surface area contributed by atoms with Crippen molar-refractivity contribution in [2.75, 3.05) is 13.2 Å². The van der Waals surface area contributed by atoms with Crippen LogP contribution < -0.4 is 18.9 Å². The third-order valence-electron chi connectivity index (χ3n) is 7.19. The second-order valence-electron chi connectivity index (χ2n) is 10.9. The summed E-state index contributed by atoms with van der Waals surface area (Å²) in [6.07, 6.45) is 4.12. The third-order valence-corrected chi connectivity index (χ3v) is 7.19. The van der Waals surface area contributed by atoms with Crippen molar-refractivity contribution in [1.82, 2.24) is 9.97 Å². The average molecular weight is 625 g/mol. The van der Waals surface area contributed by atoms with Gasteiger partial charge in [-0.3, -0.25) is 0 Å². The topological polar surface area (TPSA) is 71.9 Å². The van der Waals surface area contributed by atoms with Crippen LogP contribution in [-0.2, 0) is 17.6 Å². The zero-order chi connectivity index (χ0) is 31.9. The van der Waals surface area contributed by atoms with Crippen LogP contribution in [0.25, 0.3) is 0 Å². The van der Waals surface area contributed by atoms with Crippen molar-refractivity contribution in [3.63, 3.8) is 0 Å². The molecule has 0 fully saturated rings. The zero-order valence-corrected chi connectivity index (χ0v) is 25.9. The summed E-state index contributed by atoms with van der Waals surface area (Å²) in [7, 11) is 0. The molecule has 0 bridgehead atoms. The Morgan fingerprint density at radius 3 is 1.17 bits per heavy atom. The van der Waals surface area contributed by atoms with Crippen molar-refractivity contribution in [2.24, 2.45) is 0 Å². The number of hydrogen-bond acceptors (Lipinski definition) is 7. The molecule has 2 atom stereocenters. The lowest BCUT2D eigenvalue weighted by Crippen LogP contribution is -2.31. The fourth-order valence-corrected chi connectivity index (χ4v) is 4.94. The number of pyridine rings is 2. The predicted octanol–water partition coefficient (Wildman–Crippen LogP) is 8.76. The molecule has 7 heteroatoms. The van der Waals surface area contributed by atoms with Gasteiger partial charge in [0.05, 0.1) is 13.2 Å². The maximum Gasteiger partial charge on any atom is 0.213 e. The highest BCUT2D eigenvalue weighted by atomic mass is 16.6. The van der Waals surface area contributed by atoms with Crippen LogP contribution in [0.2, 0.25) is 0 Å². The van der Waals surface area contributed by atoms with Gasteiger partial charge in [0.15, 0.2) is 0 Å². The van der Waals surface area contributed by atoms with Gasteiger partial charge in [-0.1, -0.05) is 72.8 Å². The van der Waals surface area contributed by atoms with Crippen LogP contribution >= 0.6 is 0 Å². The number of benzene rings is 4. The number of hydrogen-bond donors (Lipinski definition) is 0. The molecule has 4 aromatic carbocycles. The molecule has 6 aromatic rings. The summed E-state index contributed by atoms with van der Waals surface area (Å²) < 4.78 is 30.8. The molecule has 2 unspecified atom stereocenters. The molecule has 47 heavy (non-hydrogen) atoms. The van der Waals surface area contributed by atoms with Gasteiger partial charge in [0.1, 0.15) is 35.2 Å². The number of nitrogens with zero attached hydrogens (tertiary/aromatic N) is 2. The van der Waals surface area contributed by atoms with Gasteiger partial charge in [-0.25, -0.2) is 9.97 Å². The summed E-state index contributed by atoms with van der Waals surface area (Å²) in [5, 5.41) is 0. The minimum atomic E-state index is -0.282. The normalized spacial score (nSPS) is 12.1. The summed E-state index contributed by atoms with van der Waals surface area (Å²) in [6, 6.07) is 46.8. The van der Waals surface area contributed by atoms with E-state index in [0.29, 0.717) is 37.8 Å². The molecule has 0 saturated heterocycles. The summed E-state index contributed by atoms with van der Waals surface area (Å²) in [5.41, 5.74) is 2.18. The molecule has 0 saturated carbocycles.